The fraction of sp³-hybridized carbons (Fsp3) is 0.158. The van der Waals surface area contributed by atoms with Crippen LogP contribution in [0.2, 0.25) is 5.02 Å². The normalized spacial score (nSPS) is 12.5. The first-order chi connectivity index (χ1) is 10.1. The summed E-state index contributed by atoms with van der Waals surface area (Å²) in [4.78, 5) is 0. The Hall–Kier alpha value is -1.83. The lowest BCUT2D eigenvalue weighted by Crippen LogP contribution is -2.03. The monoisotopic (exact) mass is 296 g/mol. The van der Waals surface area contributed by atoms with Crippen molar-refractivity contribution >= 4 is 22.4 Å². The summed E-state index contributed by atoms with van der Waals surface area (Å²) in [5, 5.41) is 13.6. The molecule has 0 heterocycles. The highest BCUT2D eigenvalue weighted by molar-refractivity contribution is 6.30. The van der Waals surface area contributed by atoms with Gasteiger partial charge in [0.15, 0.2) is 0 Å². The molecule has 3 aromatic carbocycles. The van der Waals surface area contributed by atoms with Crippen molar-refractivity contribution in [1.29, 1.82) is 0 Å². The van der Waals surface area contributed by atoms with Crippen LogP contribution in [0.25, 0.3) is 10.8 Å². The Morgan fingerprint density at radius 3 is 2.48 bits per heavy atom. The summed E-state index contributed by atoms with van der Waals surface area (Å²) in [7, 11) is 0. The number of benzene rings is 3. The maximum Gasteiger partial charge on any atom is 0.0836 e. The van der Waals surface area contributed by atoms with E-state index in [2.05, 4.69) is 25.1 Å². The van der Waals surface area contributed by atoms with Crippen LogP contribution in [0.4, 0.5) is 0 Å². The minimum atomic E-state index is -0.533. The van der Waals surface area contributed by atoms with Crippen LogP contribution in [-0.4, -0.2) is 5.11 Å². The molecule has 0 amide bonds. The Labute approximate surface area is 129 Å². The molecule has 0 aliphatic carbocycles. The maximum atomic E-state index is 10.6. The minimum absolute atomic E-state index is 0.533. The van der Waals surface area contributed by atoms with Crippen molar-refractivity contribution in [2.75, 3.05) is 0 Å². The third kappa shape index (κ3) is 2.94. The van der Waals surface area contributed by atoms with Gasteiger partial charge in [-0.25, -0.2) is 0 Å². The molecule has 1 unspecified atom stereocenters. The zero-order valence-corrected chi connectivity index (χ0v) is 12.6. The largest absolute Gasteiger partial charge is 0.388 e. The summed E-state index contributed by atoms with van der Waals surface area (Å²) in [5.74, 6) is 0. The Balaban J connectivity index is 1.98. The van der Waals surface area contributed by atoms with Gasteiger partial charge in [0, 0.05) is 11.4 Å². The molecule has 1 atom stereocenters. The lowest BCUT2D eigenvalue weighted by Gasteiger charge is -2.15. The molecule has 106 valence electrons. The number of hydrogen-bond donors (Lipinski definition) is 1. The van der Waals surface area contributed by atoms with E-state index in [1.54, 1.807) is 0 Å². The Bertz CT molecular complexity index is 779. The second-order valence-electron chi connectivity index (χ2n) is 5.37. The number of aryl methyl sites for hydroxylation is 1. The second kappa shape index (κ2) is 5.88. The summed E-state index contributed by atoms with van der Waals surface area (Å²) in [6.45, 7) is 2.09. The van der Waals surface area contributed by atoms with Crippen molar-refractivity contribution in [3.05, 3.63) is 82.4 Å². The topological polar surface area (TPSA) is 20.2 Å². The van der Waals surface area contributed by atoms with E-state index in [9.17, 15) is 5.11 Å². The molecule has 0 aliphatic heterocycles. The Kier molecular flexibility index (Phi) is 3.96. The van der Waals surface area contributed by atoms with Crippen LogP contribution in [0, 0.1) is 6.92 Å². The third-order valence-corrected chi connectivity index (χ3v) is 4.09. The summed E-state index contributed by atoms with van der Waals surface area (Å²) in [5.41, 5.74) is 3.24. The van der Waals surface area contributed by atoms with Crippen LogP contribution < -0.4 is 0 Å². The number of halogens is 1. The molecule has 1 nitrogen and oxygen atoms in total. The average molecular weight is 297 g/mol. The SMILES string of the molecule is Cc1ccc(C(O)Cc2cccc(Cl)c2)c2ccccc12. The zero-order chi connectivity index (χ0) is 14.8. The van der Waals surface area contributed by atoms with Gasteiger partial charge in [-0.2, -0.15) is 0 Å². The predicted molar refractivity (Wildman–Crippen MR) is 88.8 cm³/mol. The quantitative estimate of drug-likeness (QED) is 0.715. The average Bonchev–Trinajstić information content (AvgIpc) is 2.48. The van der Waals surface area contributed by atoms with Crippen LogP contribution in [0.5, 0.6) is 0 Å². The molecule has 3 rings (SSSR count). The fourth-order valence-electron chi connectivity index (χ4n) is 2.76. The number of rotatable bonds is 3. The molecule has 0 fully saturated rings. The van der Waals surface area contributed by atoms with Crippen LogP contribution in [0.1, 0.15) is 22.8 Å². The summed E-state index contributed by atoms with van der Waals surface area (Å²) in [6.07, 6.45) is 0.0297. The smallest absolute Gasteiger partial charge is 0.0836 e. The highest BCUT2D eigenvalue weighted by Crippen LogP contribution is 2.29. The number of aliphatic hydroxyl groups is 1. The molecule has 0 saturated heterocycles. The standard InChI is InChI=1S/C19H17ClO/c1-13-9-10-18(17-8-3-2-7-16(13)17)19(21)12-14-5-4-6-15(20)11-14/h2-11,19,21H,12H2,1H3. The molecular weight excluding hydrogens is 280 g/mol. The van der Waals surface area contributed by atoms with Gasteiger partial charge >= 0.3 is 0 Å². The molecule has 0 aromatic heterocycles. The summed E-state index contributed by atoms with van der Waals surface area (Å²) < 4.78 is 0. The number of fused-ring (bicyclic) bond motifs is 1. The van der Waals surface area contributed by atoms with E-state index in [0.29, 0.717) is 11.4 Å². The van der Waals surface area contributed by atoms with Crippen molar-refractivity contribution in [3.63, 3.8) is 0 Å². The molecule has 1 N–H and O–H groups in total. The van der Waals surface area contributed by atoms with Crippen molar-refractivity contribution in [3.8, 4) is 0 Å². The summed E-state index contributed by atoms with van der Waals surface area (Å²) in [6, 6.07) is 20.0. The Morgan fingerprint density at radius 1 is 0.952 bits per heavy atom. The van der Waals surface area contributed by atoms with Gasteiger partial charge in [0.05, 0.1) is 6.10 Å². The van der Waals surface area contributed by atoms with Gasteiger partial charge in [0.25, 0.3) is 0 Å². The fourth-order valence-corrected chi connectivity index (χ4v) is 2.97. The zero-order valence-electron chi connectivity index (χ0n) is 11.9. The third-order valence-electron chi connectivity index (χ3n) is 3.85. The van der Waals surface area contributed by atoms with Crippen LogP contribution in [0.15, 0.2) is 60.7 Å². The van der Waals surface area contributed by atoms with E-state index in [4.69, 9.17) is 11.6 Å². The molecule has 2 heteroatoms. The predicted octanol–water partition coefficient (Wildman–Crippen LogP) is 5.08. The maximum absolute atomic E-state index is 10.6. The molecule has 0 bridgehead atoms. The van der Waals surface area contributed by atoms with Crippen molar-refractivity contribution in [2.45, 2.75) is 19.4 Å². The van der Waals surface area contributed by atoms with Crippen molar-refractivity contribution < 1.29 is 5.11 Å². The molecule has 0 radical (unpaired) electrons. The summed E-state index contributed by atoms with van der Waals surface area (Å²) >= 11 is 6.01. The highest BCUT2D eigenvalue weighted by Gasteiger charge is 2.13. The van der Waals surface area contributed by atoms with Crippen LogP contribution in [-0.2, 0) is 6.42 Å². The lowest BCUT2D eigenvalue weighted by atomic mass is 9.94. The molecule has 21 heavy (non-hydrogen) atoms. The lowest BCUT2D eigenvalue weighted by molar-refractivity contribution is 0.180. The first-order valence-corrected chi connectivity index (χ1v) is 7.44. The van der Waals surface area contributed by atoms with Gasteiger partial charge in [0.2, 0.25) is 0 Å². The van der Waals surface area contributed by atoms with E-state index >= 15 is 0 Å². The van der Waals surface area contributed by atoms with Gasteiger partial charge in [-0.3, -0.25) is 0 Å². The van der Waals surface area contributed by atoms with Gasteiger partial charge in [-0.1, -0.05) is 60.1 Å². The van der Waals surface area contributed by atoms with Gasteiger partial charge < -0.3 is 5.11 Å². The molecule has 0 aliphatic rings. The molecular formula is C19H17ClO. The van der Waals surface area contributed by atoms with E-state index in [-0.39, 0.29) is 0 Å². The van der Waals surface area contributed by atoms with Crippen LogP contribution in [0.3, 0.4) is 0 Å². The first-order valence-electron chi connectivity index (χ1n) is 7.06. The molecule has 3 aromatic rings. The Morgan fingerprint density at radius 2 is 1.71 bits per heavy atom. The number of aliphatic hydroxyl groups excluding tert-OH is 1. The molecule has 0 saturated carbocycles. The first kappa shape index (κ1) is 14.1. The van der Waals surface area contributed by atoms with E-state index < -0.39 is 6.10 Å². The van der Waals surface area contributed by atoms with Crippen molar-refractivity contribution in [2.24, 2.45) is 0 Å². The van der Waals surface area contributed by atoms with E-state index in [0.717, 1.165) is 16.5 Å². The molecule has 0 spiro atoms. The van der Waals surface area contributed by atoms with Gasteiger partial charge in [0.1, 0.15) is 0 Å². The van der Waals surface area contributed by atoms with Gasteiger partial charge in [-0.15, -0.1) is 0 Å². The van der Waals surface area contributed by atoms with E-state index in [1.807, 2.05) is 42.5 Å². The van der Waals surface area contributed by atoms with Crippen molar-refractivity contribution in [1.82, 2.24) is 0 Å². The minimum Gasteiger partial charge on any atom is -0.388 e. The van der Waals surface area contributed by atoms with E-state index in [1.165, 1.54) is 10.9 Å². The highest BCUT2D eigenvalue weighted by atomic mass is 35.5. The van der Waals surface area contributed by atoms with Crippen LogP contribution >= 0.6 is 11.6 Å². The second-order valence-corrected chi connectivity index (χ2v) is 5.80. The number of hydrogen-bond acceptors (Lipinski definition) is 1. The van der Waals surface area contributed by atoms with Gasteiger partial charge in [-0.05, 0) is 46.5 Å².